The van der Waals surface area contributed by atoms with Crippen molar-refractivity contribution >= 4 is 54.8 Å². The summed E-state index contributed by atoms with van der Waals surface area (Å²) < 4.78 is 31.6. The van der Waals surface area contributed by atoms with Gasteiger partial charge in [0.15, 0.2) is 0 Å². The predicted molar refractivity (Wildman–Crippen MR) is 162 cm³/mol. The molecule has 3 N–H and O–H groups in total. The van der Waals surface area contributed by atoms with E-state index < -0.39 is 10.0 Å². The molecule has 4 aliphatic carbocycles. The smallest absolute Gasteiger partial charge is 0.253 e. The Labute approximate surface area is 239 Å². The first-order valence-electron chi connectivity index (χ1n) is 14.3. The van der Waals surface area contributed by atoms with E-state index in [1.54, 1.807) is 25.3 Å². The predicted octanol–water partition coefficient (Wildman–Crippen LogP) is 6.21. The number of sulfonamides is 1. The van der Waals surface area contributed by atoms with Gasteiger partial charge in [-0.2, -0.15) is 0 Å². The molecule has 1 aromatic heterocycles. The SMILES string of the molecule is COc1cc(NS(C)(=O)=O)ccc1Nc1c2ccccc2nc2c(C(=O)NC34CC5CC(CC(C5)C3)C4)cccc12. The normalized spacial score (nSPS) is 24.9. The first-order chi connectivity index (χ1) is 19.7. The number of anilines is 3. The third-order valence-electron chi connectivity index (χ3n) is 9.14. The molecule has 0 atom stereocenters. The molecule has 0 unspecified atom stereocenters. The van der Waals surface area contributed by atoms with E-state index in [1.807, 2.05) is 42.5 Å². The van der Waals surface area contributed by atoms with Crippen LogP contribution in [0.25, 0.3) is 21.8 Å². The van der Waals surface area contributed by atoms with Crippen molar-refractivity contribution in [3.63, 3.8) is 0 Å². The third kappa shape index (κ3) is 4.86. The summed E-state index contributed by atoms with van der Waals surface area (Å²) in [6, 6.07) is 18.7. The van der Waals surface area contributed by atoms with Gasteiger partial charge in [-0.15, -0.1) is 0 Å². The number of benzene rings is 3. The minimum Gasteiger partial charge on any atom is -0.494 e. The molecular weight excluding hydrogens is 536 g/mol. The van der Waals surface area contributed by atoms with E-state index >= 15 is 0 Å². The summed E-state index contributed by atoms with van der Waals surface area (Å²) in [5.41, 5.74) is 3.76. The van der Waals surface area contributed by atoms with Crippen LogP contribution in [0.5, 0.6) is 5.75 Å². The number of methoxy groups -OCH3 is 1. The largest absolute Gasteiger partial charge is 0.494 e. The Balaban J connectivity index is 1.29. The maximum absolute atomic E-state index is 14.0. The maximum atomic E-state index is 14.0. The molecule has 3 aromatic carbocycles. The van der Waals surface area contributed by atoms with Gasteiger partial charge in [0, 0.05) is 22.4 Å². The molecule has 4 aromatic rings. The number of hydrogen-bond acceptors (Lipinski definition) is 6. The van der Waals surface area contributed by atoms with Crippen LogP contribution in [0.1, 0.15) is 48.9 Å². The second-order valence-electron chi connectivity index (χ2n) is 12.3. The fraction of sp³-hybridized carbons (Fsp3) is 0.375. The van der Waals surface area contributed by atoms with Gasteiger partial charge < -0.3 is 15.4 Å². The standard InChI is InChI=1S/C32H34N4O4S/c1-40-28-15-22(36-41(2,38)39)10-11-27(28)34-29-23-6-3-4-9-26(23)33-30-24(29)7-5-8-25(30)31(37)35-32-16-19-12-20(17-32)14-21(13-19)18-32/h3-11,15,19-21,36H,12-14,16-18H2,1-2H3,(H,33,34)(H,35,37). The highest BCUT2D eigenvalue weighted by Gasteiger charge is 2.51. The van der Waals surface area contributed by atoms with Gasteiger partial charge in [-0.1, -0.05) is 30.3 Å². The van der Waals surface area contributed by atoms with Crippen molar-refractivity contribution in [3.05, 3.63) is 66.2 Å². The number of pyridine rings is 1. The second-order valence-corrected chi connectivity index (χ2v) is 14.0. The fourth-order valence-corrected chi connectivity index (χ4v) is 8.57. The minimum atomic E-state index is -3.43. The number of fused-ring (bicyclic) bond motifs is 2. The first-order valence-corrected chi connectivity index (χ1v) is 16.1. The Morgan fingerprint density at radius 1 is 0.927 bits per heavy atom. The molecule has 1 heterocycles. The van der Waals surface area contributed by atoms with Crippen molar-refractivity contribution in [3.8, 4) is 5.75 Å². The topological polar surface area (TPSA) is 109 Å². The van der Waals surface area contributed by atoms with Gasteiger partial charge in [0.1, 0.15) is 5.75 Å². The molecule has 212 valence electrons. The van der Waals surface area contributed by atoms with Crippen molar-refractivity contribution in [1.82, 2.24) is 10.3 Å². The average Bonchev–Trinajstić information content (AvgIpc) is 2.91. The number of carbonyl (C=O) groups is 1. The molecule has 8 rings (SSSR count). The highest BCUT2D eigenvalue weighted by atomic mass is 32.2. The van der Waals surface area contributed by atoms with Gasteiger partial charge in [0.25, 0.3) is 5.91 Å². The molecule has 0 spiro atoms. The lowest BCUT2D eigenvalue weighted by Crippen LogP contribution is -2.59. The molecule has 41 heavy (non-hydrogen) atoms. The Kier molecular flexibility index (Phi) is 6.12. The molecule has 4 aliphatic rings. The maximum Gasteiger partial charge on any atom is 0.253 e. The van der Waals surface area contributed by atoms with E-state index in [9.17, 15) is 13.2 Å². The van der Waals surface area contributed by atoms with Gasteiger partial charge in [-0.05, 0) is 80.5 Å². The van der Waals surface area contributed by atoms with Crippen LogP contribution < -0.4 is 20.1 Å². The van der Waals surface area contributed by atoms with Crippen LogP contribution in [0.4, 0.5) is 17.1 Å². The number of nitrogens with zero attached hydrogens (tertiary/aromatic N) is 1. The summed E-state index contributed by atoms with van der Waals surface area (Å²) in [5.74, 6) is 2.63. The van der Waals surface area contributed by atoms with Gasteiger partial charge in [0.2, 0.25) is 10.0 Å². The van der Waals surface area contributed by atoms with Gasteiger partial charge in [0.05, 0.1) is 47.0 Å². The molecular formula is C32H34N4O4S. The van der Waals surface area contributed by atoms with Crippen molar-refractivity contribution in [2.45, 2.75) is 44.1 Å². The molecule has 9 heteroatoms. The summed E-state index contributed by atoms with van der Waals surface area (Å²) in [4.78, 5) is 18.9. The van der Waals surface area contributed by atoms with E-state index in [4.69, 9.17) is 9.72 Å². The van der Waals surface area contributed by atoms with Crippen LogP contribution in [-0.2, 0) is 10.0 Å². The van der Waals surface area contributed by atoms with E-state index in [0.29, 0.717) is 28.2 Å². The van der Waals surface area contributed by atoms with E-state index in [-0.39, 0.29) is 11.4 Å². The number of para-hydroxylation sites is 2. The molecule has 4 fully saturated rings. The number of amides is 1. The summed E-state index contributed by atoms with van der Waals surface area (Å²) >= 11 is 0. The number of carbonyl (C=O) groups excluding carboxylic acids is 1. The lowest BCUT2D eigenvalue weighted by Gasteiger charge is -2.56. The molecule has 8 nitrogen and oxygen atoms in total. The molecule has 1 amide bonds. The first kappa shape index (κ1) is 26.1. The van der Waals surface area contributed by atoms with Crippen LogP contribution in [0.15, 0.2) is 60.7 Å². The molecule has 0 saturated heterocycles. The summed E-state index contributed by atoms with van der Waals surface area (Å²) in [6.07, 6.45) is 8.33. The number of nitrogens with one attached hydrogen (secondary N) is 3. The van der Waals surface area contributed by atoms with Crippen molar-refractivity contribution < 1.29 is 17.9 Å². The summed E-state index contributed by atoms with van der Waals surface area (Å²) in [6.45, 7) is 0. The Hall–Kier alpha value is -3.85. The van der Waals surface area contributed by atoms with Crippen LogP contribution in [0, 0.1) is 17.8 Å². The number of rotatable bonds is 7. The number of hydrogen-bond donors (Lipinski definition) is 3. The van der Waals surface area contributed by atoms with Gasteiger partial charge in [-0.3, -0.25) is 9.52 Å². The van der Waals surface area contributed by atoms with E-state index in [0.717, 1.165) is 65.2 Å². The zero-order valence-corrected chi connectivity index (χ0v) is 24.1. The Morgan fingerprint density at radius 2 is 1.61 bits per heavy atom. The Morgan fingerprint density at radius 3 is 2.29 bits per heavy atom. The molecule has 4 saturated carbocycles. The van der Waals surface area contributed by atoms with Crippen molar-refractivity contribution in [2.24, 2.45) is 17.8 Å². The highest BCUT2D eigenvalue weighted by molar-refractivity contribution is 7.92. The summed E-state index contributed by atoms with van der Waals surface area (Å²) in [5, 5.41) is 8.76. The van der Waals surface area contributed by atoms with Crippen molar-refractivity contribution in [2.75, 3.05) is 23.4 Å². The molecule has 0 radical (unpaired) electrons. The van der Waals surface area contributed by atoms with Crippen LogP contribution in [0.3, 0.4) is 0 Å². The quantitative estimate of drug-likeness (QED) is 0.228. The third-order valence-corrected chi connectivity index (χ3v) is 9.74. The fourth-order valence-electron chi connectivity index (χ4n) is 8.01. The zero-order valence-electron chi connectivity index (χ0n) is 23.2. The number of ether oxygens (including phenoxy) is 1. The van der Waals surface area contributed by atoms with Crippen molar-refractivity contribution in [1.29, 1.82) is 0 Å². The number of aromatic nitrogens is 1. The van der Waals surface area contributed by atoms with E-state index in [2.05, 4.69) is 15.4 Å². The summed E-state index contributed by atoms with van der Waals surface area (Å²) in [7, 11) is -1.89. The van der Waals surface area contributed by atoms with Crippen LogP contribution in [0.2, 0.25) is 0 Å². The van der Waals surface area contributed by atoms with Gasteiger partial charge >= 0.3 is 0 Å². The minimum absolute atomic E-state index is 0.0555. The van der Waals surface area contributed by atoms with Crippen LogP contribution >= 0.6 is 0 Å². The van der Waals surface area contributed by atoms with Crippen LogP contribution in [-0.4, -0.2) is 38.2 Å². The van der Waals surface area contributed by atoms with Gasteiger partial charge in [-0.25, -0.2) is 13.4 Å². The highest BCUT2D eigenvalue weighted by Crippen LogP contribution is 2.55. The Bertz CT molecular complexity index is 1770. The lowest BCUT2D eigenvalue weighted by atomic mass is 9.53. The monoisotopic (exact) mass is 570 g/mol. The van der Waals surface area contributed by atoms with E-state index in [1.165, 1.54) is 19.3 Å². The molecule has 4 bridgehead atoms. The zero-order chi connectivity index (χ0) is 28.4. The lowest BCUT2D eigenvalue weighted by molar-refractivity contribution is -0.0166. The average molecular weight is 571 g/mol. The second kappa shape index (κ2) is 9.62. The molecule has 0 aliphatic heterocycles.